The maximum Gasteiger partial charge on any atom is 0.119 e. The molecule has 0 aliphatic heterocycles. The van der Waals surface area contributed by atoms with Gasteiger partial charge in [0.25, 0.3) is 0 Å². The van der Waals surface area contributed by atoms with E-state index < -0.39 is 6.10 Å². The second-order valence-electron chi connectivity index (χ2n) is 6.88. The molecule has 0 radical (unpaired) electrons. The molecule has 27 heavy (non-hydrogen) atoms. The summed E-state index contributed by atoms with van der Waals surface area (Å²) in [4.78, 5) is 0. The summed E-state index contributed by atoms with van der Waals surface area (Å²) in [5, 5.41) is 14.2. The molecule has 3 atom stereocenters. The predicted molar refractivity (Wildman–Crippen MR) is 110 cm³/mol. The van der Waals surface area contributed by atoms with E-state index in [1.165, 1.54) is 5.56 Å². The summed E-state index contributed by atoms with van der Waals surface area (Å²) in [6.45, 7) is 4.65. The number of aliphatic hydroxyl groups is 1. The lowest BCUT2D eigenvalue weighted by Gasteiger charge is -2.25. The average Bonchev–Trinajstić information content (AvgIpc) is 2.73. The van der Waals surface area contributed by atoms with Gasteiger partial charge in [0.2, 0.25) is 0 Å². The molecule has 0 fully saturated rings. The van der Waals surface area contributed by atoms with Crippen LogP contribution in [0, 0.1) is 0 Å². The molecular formula is C24H27NO2. The maximum atomic E-state index is 10.7. The van der Waals surface area contributed by atoms with E-state index in [-0.39, 0.29) is 12.1 Å². The van der Waals surface area contributed by atoms with Crippen molar-refractivity contribution in [2.75, 3.05) is 0 Å². The van der Waals surface area contributed by atoms with Crippen LogP contribution in [0.4, 0.5) is 0 Å². The van der Waals surface area contributed by atoms with Gasteiger partial charge in [0.15, 0.2) is 0 Å². The molecule has 0 aliphatic carbocycles. The Hall–Kier alpha value is -2.62. The minimum Gasteiger partial charge on any atom is -0.489 e. The molecule has 3 aromatic carbocycles. The van der Waals surface area contributed by atoms with E-state index in [0.717, 1.165) is 16.9 Å². The van der Waals surface area contributed by atoms with Crippen LogP contribution >= 0.6 is 0 Å². The van der Waals surface area contributed by atoms with E-state index in [4.69, 9.17) is 4.74 Å². The number of rotatable bonds is 8. The van der Waals surface area contributed by atoms with Crippen molar-refractivity contribution in [3.05, 3.63) is 102 Å². The molecule has 0 bridgehead atoms. The molecule has 2 N–H and O–H groups in total. The van der Waals surface area contributed by atoms with E-state index in [1.54, 1.807) is 0 Å². The van der Waals surface area contributed by atoms with E-state index in [9.17, 15) is 5.11 Å². The van der Waals surface area contributed by atoms with Crippen LogP contribution < -0.4 is 10.1 Å². The zero-order valence-electron chi connectivity index (χ0n) is 15.9. The largest absolute Gasteiger partial charge is 0.489 e. The van der Waals surface area contributed by atoms with Gasteiger partial charge in [0.05, 0.1) is 6.10 Å². The van der Waals surface area contributed by atoms with Gasteiger partial charge in [-0.05, 0) is 42.7 Å². The summed E-state index contributed by atoms with van der Waals surface area (Å²) in [7, 11) is 0. The molecule has 3 nitrogen and oxygen atoms in total. The summed E-state index contributed by atoms with van der Waals surface area (Å²) >= 11 is 0. The Morgan fingerprint density at radius 2 is 1.37 bits per heavy atom. The Morgan fingerprint density at radius 1 is 0.778 bits per heavy atom. The SMILES string of the molecule is C[C@H](N[C@H](C)c1ccccc1)[C@H](O)c1ccc(OCc2ccccc2)cc1. The molecule has 0 unspecified atom stereocenters. The lowest BCUT2D eigenvalue weighted by molar-refractivity contribution is 0.130. The fourth-order valence-electron chi connectivity index (χ4n) is 3.11. The molecule has 0 saturated carbocycles. The summed E-state index contributed by atoms with van der Waals surface area (Å²) in [5.41, 5.74) is 3.22. The standard InChI is InChI=1S/C24H27NO2/c1-18(21-11-7-4-8-12-21)25-19(2)24(26)22-13-15-23(16-14-22)27-17-20-9-5-3-6-10-20/h3-16,18-19,24-26H,17H2,1-2H3/t18-,19+,24+/m1/s1. The van der Waals surface area contributed by atoms with Crippen LogP contribution in [0.2, 0.25) is 0 Å². The van der Waals surface area contributed by atoms with Gasteiger partial charge >= 0.3 is 0 Å². The lowest BCUT2D eigenvalue weighted by atomic mass is 10.0. The van der Waals surface area contributed by atoms with Crippen molar-refractivity contribution < 1.29 is 9.84 Å². The van der Waals surface area contributed by atoms with Gasteiger partial charge < -0.3 is 15.2 Å². The van der Waals surface area contributed by atoms with Crippen molar-refractivity contribution in [1.29, 1.82) is 0 Å². The van der Waals surface area contributed by atoms with Crippen LogP contribution in [0.15, 0.2) is 84.9 Å². The van der Waals surface area contributed by atoms with Crippen molar-refractivity contribution in [3.8, 4) is 5.75 Å². The first-order valence-corrected chi connectivity index (χ1v) is 9.39. The van der Waals surface area contributed by atoms with Crippen LogP contribution in [-0.4, -0.2) is 11.1 Å². The first-order valence-electron chi connectivity index (χ1n) is 9.39. The van der Waals surface area contributed by atoms with Gasteiger partial charge in [0, 0.05) is 12.1 Å². The van der Waals surface area contributed by atoms with E-state index in [2.05, 4.69) is 24.4 Å². The summed E-state index contributed by atoms with van der Waals surface area (Å²) in [6, 6.07) is 28.1. The Morgan fingerprint density at radius 3 is 2.00 bits per heavy atom. The van der Waals surface area contributed by atoms with Crippen LogP contribution in [-0.2, 0) is 6.61 Å². The molecule has 0 aromatic heterocycles. The van der Waals surface area contributed by atoms with Crippen LogP contribution in [0.5, 0.6) is 5.75 Å². The third-order valence-corrected chi connectivity index (χ3v) is 4.76. The first-order chi connectivity index (χ1) is 13.1. The van der Waals surface area contributed by atoms with Gasteiger partial charge in [-0.3, -0.25) is 0 Å². The third kappa shape index (κ3) is 5.43. The normalized spacial score (nSPS) is 14.3. The van der Waals surface area contributed by atoms with Gasteiger partial charge in [-0.15, -0.1) is 0 Å². The molecule has 0 spiro atoms. The molecule has 0 aliphatic rings. The minimum atomic E-state index is -0.584. The summed E-state index contributed by atoms with van der Waals surface area (Å²) in [5.74, 6) is 0.799. The van der Waals surface area contributed by atoms with E-state index >= 15 is 0 Å². The Labute approximate surface area is 161 Å². The molecule has 0 amide bonds. The van der Waals surface area contributed by atoms with Crippen molar-refractivity contribution in [1.82, 2.24) is 5.32 Å². The zero-order chi connectivity index (χ0) is 19.1. The van der Waals surface area contributed by atoms with Crippen molar-refractivity contribution in [3.63, 3.8) is 0 Å². The number of ether oxygens (including phenoxy) is 1. The molecule has 3 aromatic rings. The third-order valence-electron chi connectivity index (χ3n) is 4.76. The molecule has 0 heterocycles. The van der Waals surface area contributed by atoms with Crippen LogP contribution in [0.3, 0.4) is 0 Å². The zero-order valence-corrected chi connectivity index (χ0v) is 15.9. The molecular weight excluding hydrogens is 334 g/mol. The second kappa shape index (κ2) is 9.36. The Kier molecular flexibility index (Phi) is 6.64. The minimum absolute atomic E-state index is 0.0729. The van der Waals surface area contributed by atoms with Gasteiger partial charge in [-0.2, -0.15) is 0 Å². The van der Waals surface area contributed by atoms with Crippen LogP contribution in [0.1, 0.15) is 42.7 Å². The lowest BCUT2D eigenvalue weighted by Crippen LogP contribution is -2.34. The quantitative estimate of drug-likeness (QED) is 0.591. The highest BCUT2D eigenvalue weighted by Crippen LogP contribution is 2.23. The second-order valence-corrected chi connectivity index (χ2v) is 6.88. The highest BCUT2D eigenvalue weighted by Gasteiger charge is 2.18. The molecule has 3 heteroatoms. The van der Waals surface area contributed by atoms with E-state index in [1.807, 2.05) is 79.7 Å². The topological polar surface area (TPSA) is 41.5 Å². The van der Waals surface area contributed by atoms with Gasteiger partial charge in [-0.25, -0.2) is 0 Å². The fraction of sp³-hybridized carbons (Fsp3) is 0.250. The monoisotopic (exact) mass is 361 g/mol. The number of benzene rings is 3. The average molecular weight is 361 g/mol. The number of hydrogen-bond acceptors (Lipinski definition) is 3. The van der Waals surface area contributed by atoms with Crippen LogP contribution in [0.25, 0.3) is 0 Å². The number of hydrogen-bond donors (Lipinski definition) is 2. The van der Waals surface area contributed by atoms with Crippen molar-refractivity contribution >= 4 is 0 Å². The highest BCUT2D eigenvalue weighted by atomic mass is 16.5. The predicted octanol–water partition coefficient (Wildman–Crippen LogP) is 5.04. The Bertz CT molecular complexity index is 803. The van der Waals surface area contributed by atoms with Crippen molar-refractivity contribution in [2.45, 2.75) is 38.6 Å². The maximum absolute atomic E-state index is 10.7. The number of nitrogens with one attached hydrogen (secondary N) is 1. The smallest absolute Gasteiger partial charge is 0.119 e. The summed E-state index contributed by atoms with van der Waals surface area (Å²) in [6.07, 6.45) is -0.584. The Balaban J connectivity index is 1.55. The van der Waals surface area contributed by atoms with Gasteiger partial charge in [0.1, 0.15) is 12.4 Å². The summed E-state index contributed by atoms with van der Waals surface area (Å²) < 4.78 is 5.81. The molecule has 0 saturated heterocycles. The fourth-order valence-corrected chi connectivity index (χ4v) is 3.11. The van der Waals surface area contributed by atoms with E-state index in [0.29, 0.717) is 6.61 Å². The highest BCUT2D eigenvalue weighted by molar-refractivity contribution is 5.30. The van der Waals surface area contributed by atoms with Gasteiger partial charge in [-0.1, -0.05) is 72.8 Å². The first kappa shape index (κ1) is 19.2. The van der Waals surface area contributed by atoms with Crippen molar-refractivity contribution in [2.24, 2.45) is 0 Å². The molecule has 3 rings (SSSR count). The molecule has 140 valence electrons. The number of aliphatic hydroxyl groups excluding tert-OH is 1.